The molecule has 0 saturated carbocycles. The third kappa shape index (κ3) is 3.32. The van der Waals surface area contributed by atoms with Gasteiger partial charge < -0.3 is 4.74 Å². The Kier molecular flexibility index (Phi) is 3.45. The molecule has 0 aliphatic rings. The Balaban J connectivity index is 4.08. The molecule has 0 aromatic carbocycles. The highest BCUT2D eigenvalue weighted by Gasteiger charge is 2.25. The molecule has 0 radical (unpaired) electrons. The summed E-state index contributed by atoms with van der Waals surface area (Å²) in [4.78, 5) is 10.1. The van der Waals surface area contributed by atoms with Crippen LogP contribution in [0.3, 0.4) is 0 Å². The summed E-state index contributed by atoms with van der Waals surface area (Å²) in [5.74, 6) is 0. The lowest BCUT2D eigenvalue weighted by Crippen LogP contribution is -2.41. The van der Waals surface area contributed by atoms with Gasteiger partial charge in [0.25, 0.3) is 0 Å². The van der Waals surface area contributed by atoms with Gasteiger partial charge in [0, 0.05) is 7.05 Å². The third-order valence-electron chi connectivity index (χ3n) is 1.43. The van der Waals surface area contributed by atoms with Gasteiger partial charge in [-0.2, -0.15) is 0 Å². The van der Waals surface area contributed by atoms with Crippen molar-refractivity contribution >= 4 is 0 Å². The molecule has 0 aliphatic heterocycles. The van der Waals surface area contributed by atoms with E-state index in [0.29, 0.717) is 0 Å². The Morgan fingerprint density at radius 2 is 1.91 bits per heavy atom. The molecule has 0 heterocycles. The normalized spacial score (nSPS) is 11.8. The molecule has 0 aliphatic carbocycles. The lowest BCUT2D eigenvalue weighted by Gasteiger charge is -2.32. The van der Waals surface area contributed by atoms with Crippen LogP contribution < -0.4 is 0 Å². The van der Waals surface area contributed by atoms with Gasteiger partial charge in [-0.25, -0.2) is 5.01 Å². The molecular weight excluding hydrogens is 144 g/mol. The fraction of sp³-hybridized carbons (Fsp3) is 1.00. The Labute approximate surface area is 67.5 Å². The first-order valence-electron chi connectivity index (χ1n) is 3.65. The molecule has 0 spiro atoms. The van der Waals surface area contributed by atoms with E-state index in [1.54, 1.807) is 20.9 Å². The molecule has 0 aromatic heterocycles. The van der Waals surface area contributed by atoms with Crippen molar-refractivity contribution in [3.63, 3.8) is 0 Å². The predicted molar refractivity (Wildman–Crippen MR) is 43.9 cm³/mol. The van der Waals surface area contributed by atoms with Gasteiger partial charge in [-0.1, -0.05) is 0 Å². The lowest BCUT2D eigenvalue weighted by molar-refractivity contribution is -0.146. The monoisotopic (exact) mass is 160 g/mol. The van der Waals surface area contributed by atoms with E-state index in [4.69, 9.17) is 4.74 Å². The number of rotatable bonds is 4. The van der Waals surface area contributed by atoms with E-state index >= 15 is 0 Å². The van der Waals surface area contributed by atoms with Gasteiger partial charge in [0.1, 0.15) is 0 Å². The van der Waals surface area contributed by atoms with Crippen molar-refractivity contribution in [2.75, 3.05) is 7.05 Å². The maximum atomic E-state index is 10.1. The highest BCUT2D eigenvalue weighted by molar-refractivity contribution is 4.65. The minimum Gasteiger partial charge on any atom is -0.352 e. The molecule has 4 nitrogen and oxygen atoms in total. The van der Waals surface area contributed by atoms with Crippen LogP contribution in [0.1, 0.15) is 27.7 Å². The molecule has 66 valence electrons. The lowest BCUT2D eigenvalue weighted by atomic mass is 10.3. The molecule has 0 bridgehead atoms. The standard InChI is InChI=1S/C7H16N2O2/c1-6(2)11-7(3,4)9(5)8-10/h6H,1-5H3. The summed E-state index contributed by atoms with van der Waals surface area (Å²) in [6, 6.07) is 0. The first-order valence-corrected chi connectivity index (χ1v) is 3.65. The van der Waals surface area contributed by atoms with Crippen LogP contribution in [0.25, 0.3) is 0 Å². The number of nitroso groups, excluding NO2 is 1. The van der Waals surface area contributed by atoms with E-state index in [0.717, 1.165) is 0 Å². The average Bonchev–Trinajstić information content (AvgIpc) is 1.83. The molecule has 11 heavy (non-hydrogen) atoms. The molecule has 4 heteroatoms. The zero-order valence-corrected chi connectivity index (χ0v) is 7.79. The second-order valence-electron chi connectivity index (χ2n) is 3.22. The molecule has 0 atom stereocenters. The summed E-state index contributed by atoms with van der Waals surface area (Å²) in [5.41, 5.74) is -0.615. The van der Waals surface area contributed by atoms with E-state index in [1.807, 2.05) is 13.8 Å². The van der Waals surface area contributed by atoms with E-state index in [-0.39, 0.29) is 6.10 Å². The minimum absolute atomic E-state index is 0.0919. The van der Waals surface area contributed by atoms with E-state index in [2.05, 4.69) is 5.29 Å². The van der Waals surface area contributed by atoms with Crippen LogP contribution >= 0.6 is 0 Å². The van der Waals surface area contributed by atoms with Crippen LogP contribution in [0.2, 0.25) is 0 Å². The average molecular weight is 160 g/mol. The predicted octanol–water partition coefficient (Wildman–Crippen LogP) is 1.76. The summed E-state index contributed by atoms with van der Waals surface area (Å²) >= 11 is 0. The molecule has 0 aromatic rings. The van der Waals surface area contributed by atoms with Crippen molar-refractivity contribution in [2.45, 2.75) is 39.5 Å². The Hall–Kier alpha value is -0.640. The van der Waals surface area contributed by atoms with Crippen LogP contribution in [0, 0.1) is 4.91 Å². The Morgan fingerprint density at radius 1 is 1.45 bits per heavy atom. The van der Waals surface area contributed by atoms with Gasteiger partial charge in [-0.15, -0.1) is 4.91 Å². The van der Waals surface area contributed by atoms with Crippen molar-refractivity contribution in [3.05, 3.63) is 4.91 Å². The van der Waals surface area contributed by atoms with E-state index in [1.165, 1.54) is 5.01 Å². The van der Waals surface area contributed by atoms with Crippen molar-refractivity contribution in [1.29, 1.82) is 0 Å². The Morgan fingerprint density at radius 3 is 2.18 bits per heavy atom. The fourth-order valence-electron chi connectivity index (χ4n) is 0.751. The molecular formula is C7H16N2O2. The molecule has 0 fully saturated rings. The van der Waals surface area contributed by atoms with Gasteiger partial charge in [-0.05, 0) is 27.7 Å². The SMILES string of the molecule is CC(C)OC(C)(C)N(C)N=O. The van der Waals surface area contributed by atoms with Crippen molar-refractivity contribution < 1.29 is 4.74 Å². The number of ether oxygens (including phenoxy) is 1. The van der Waals surface area contributed by atoms with Crippen LogP contribution in [0.4, 0.5) is 0 Å². The van der Waals surface area contributed by atoms with Gasteiger partial charge in [0.05, 0.1) is 11.4 Å². The zero-order chi connectivity index (χ0) is 9.07. The van der Waals surface area contributed by atoms with E-state index in [9.17, 15) is 4.91 Å². The van der Waals surface area contributed by atoms with Crippen LogP contribution in [-0.2, 0) is 4.74 Å². The third-order valence-corrected chi connectivity index (χ3v) is 1.43. The van der Waals surface area contributed by atoms with Gasteiger partial charge >= 0.3 is 0 Å². The van der Waals surface area contributed by atoms with Crippen LogP contribution in [0.15, 0.2) is 5.29 Å². The smallest absolute Gasteiger partial charge is 0.154 e. The summed E-state index contributed by atoms with van der Waals surface area (Å²) < 4.78 is 5.42. The highest BCUT2D eigenvalue weighted by Crippen LogP contribution is 2.16. The first-order chi connectivity index (χ1) is 4.90. The van der Waals surface area contributed by atoms with E-state index < -0.39 is 5.72 Å². The second kappa shape index (κ2) is 3.67. The first kappa shape index (κ1) is 10.4. The molecule has 0 saturated heterocycles. The topological polar surface area (TPSA) is 41.9 Å². The summed E-state index contributed by atoms with van der Waals surface area (Å²) in [7, 11) is 1.59. The minimum atomic E-state index is -0.615. The van der Waals surface area contributed by atoms with Crippen LogP contribution in [-0.4, -0.2) is 23.9 Å². The van der Waals surface area contributed by atoms with Crippen LogP contribution in [0.5, 0.6) is 0 Å². The summed E-state index contributed by atoms with van der Waals surface area (Å²) in [6.45, 7) is 7.43. The number of hydrogen-bond donors (Lipinski definition) is 0. The van der Waals surface area contributed by atoms with Gasteiger partial charge in [0.2, 0.25) is 0 Å². The largest absolute Gasteiger partial charge is 0.352 e. The number of hydrogen-bond acceptors (Lipinski definition) is 3. The molecule has 0 unspecified atom stereocenters. The summed E-state index contributed by atoms with van der Waals surface area (Å²) in [6.07, 6.45) is 0.0919. The second-order valence-corrected chi connectivity index (χ2v) is 3.22. The highest BCUT2D eigenvalue weighted by atomic mass is 16.5. The molecule has 0 rings (SSSR count). The van der Waals surface area contributed by atoms with Crippen molar-refractivity contribution in [3.8, 4) is 0 Å². The zero-order valence-electron chi connectivity index (χ0n) is 7.79. The molecule has 0 amide bonds. The van der Waals surface area contributed by atoms with Gasteiger partial charge in [0.15, 0.2) is 5.72 Å². The number of nitrogens with zero attached hydrogens (tertiary/aromatic N) is 2. The van der Waals surface area contributed by atoms with Crippen molar-refractivity contribution in [1.82, 2.24) is 5.01 Å². The fourth-order valence-corrected chi connectivity index (χ4v) is 0.751. The quantitative estimate of drug-likeness (QED) is 0.357. The maximum Gasteiger partial charge on any atom is 0.154 e. The Bertz CT molecular complexity index is 134. The summed E-state index contributed by atoms with van der Waals surface area (Å²) in [5, 5.41) is 4.03. The van der Waals surface area contributed by atoms with Gasteiger partial charge in [-0.3, -0.25) is 0 Å². The van der Waals surface area contributed by atoms with Crippen molar-refractivity contribution in [2.24, 2.45) is 5.29 Å². The maximum absolute atomic E-state index is 10.1. The molecule has 0 N–H and O–H groups in total.